The van der Waals surface area contributed by atoms with E-state index in [4.69, 9.17) is 0 Å². The molecule has 1 aromatic carbocycles. The highest BCUT2D eigenvalue weighted by atomic mass is 19.2. The molecule has 2 aromatic rings. The summed E-state index contributed by atoms with van der Waals surface area (Å²) >= 11 is 0. The van der Waals surface area contributed by atoms with Crippen molar-refractivity contribution in [3.05, 3.63) is 36.0 Å². The summed E-state index contributed by atoms with van der Waals surface area (Å²) in [5.74, 6) is -4.25. The molecule has 14 heavy (non-hydrogen) atoms. The Morgan fingerprint density at radius 2 is 1.86 bits per heavy atom. The van der Waals surface area contributed by atoms with Crippen molar-refractivity contribution >= 4 is 0 Å². The quantitative estimate of drug-likeness (QED) is 0.662. The Balaban J connectivity index is 2.61. The number of halogens is 3. The van der Waals surface area contributed by atoms with Crippen molar-refractivity contribution in [1.82, 2.24) is 10.1 Å². The summed E-state index contributed by atoms with van der Waals surface area (Å²) in [6.45, 7) is 0. The number of rotatable bonds is 1. The minimum atomic E-state index is -1.55. The summed E-state index contributed by atoms with van der Waals surface area (Å²) < 4.78 is 42.7. The Morgan fingerprint density at radius 1 is 1.07 bits per heavy atom. The van der Waals surface area contributed by atoms with Crippen LogP contribution >= 0.6 is 0 Å². The van der Waals surface area contributed by atoms with Crippen LogP contribution < -0.4 is 0 Å². The first kappa shape index (κ1) is 8.74. The van der Waals surface area contributed by atoms with Crippen LogP contribution in [0, 0.1) is 17.5 Å². The van der Waals surface area contributed by atoms with E-state index < -0.39 is 17.5 Å². The zero-order valence-corrected chi connectivity index (χ0v) is 6.67. The van der Waals surface area contributed by atoms with Crippen molar-refractivity contribution in [2.45, 2.75) is 0 Å². The number of hydrogen-bond donors (Lipinski definition) is 0. The van der Waals surface area contributed by atoms with E-state index in [1.807, 2.05) is 0 Å². The fourth-order valence-corrected chi connectivity index (χ4v) is 0.988. The molecule has 0 spiro atoms. The van der Waals surface area contributed by atoms with E-state index in [9.17, 15) is 13.2 Å². The Hall–Kier alpha value is -1.85. The molecule has 0 atom stereocenters. The van der Waals surface area contributed by atoms with Gasteiger partial charge in [0.1, 0.15) is 0 Å². The van der Waals surface area contributed by atoms with Crippen molar-refractivity contribution in [1.29, 1.82) is 0 Å². The van der Waals surface area contributed by atoms with Gasteiger partial charge in [-0.1, -0.05) is 5.16 Å². The van der Waals surface area contributed by atoms with Gasteiger partial charge in [-0.15, -0.1) is 0 Å². The van der Waals surface area contributed by atoms with Crippen LogP contribution in [0.2, 0.25) is 0 Å². The molecular weight excluding hydrogens is 197 g/mol. The van der Waals surface area contributed by atoms with Gasteiger partial charge in [0.25, 0.3) is 0 Å². The molecular formula is C8H3F3N2O. The molecule has 0 amide bonds. The molecule has 0 aliphatic rings. The molecule has 0 aliphatic heterocycles. The van der Waals surface area contributed by atoms with Crippen LogP contribution in [-0.4, -0.2) is 10.1 Å². The second kappa shape index (κ2) is 3.13. The average molecular weight is 200 g/mol. The maximum Gasteiger partial charge on any atom is 0.214 e. The molecule has 0 fully saturated rings. The van der Waals surface area contributed by atoms with E-state index >= 15 is 0 Å². The van der Waals surface area contributed by atoms with Crippen molar-refractivity contribution < 1.29 is 17.7 Å². The molecule has 72 valence electrons. The molecule has 0 aliphatic carbocycles. The van der Waals surface area contributed by atoms with Gasteiger partial charge in [0.15, 0.2) is 17.5 Å². The van der Waals surface area contributed by atoms with Crippen LogP contribution in [0.25, 0.3) is 11.4 Å². The normalized spacial score (nSPS) is 10.5. The van der Waals surface area contributed by atoms with E-state index in [2.05, 4.69) is 14.7 Å². The minimum absolute atomic E-state index is 0.124. The zero-order chi connectivity index (χ0) is 10.1. The van der Waals surface area contributed by atoms with Gasteiger partial charge in [-0.2, -0.15) is 4.98 Å². The second-order valence-electron chi connectivity index (χ2n) is 2.48. The topological polar surface area (TPSA) is 38.9 Å². The third kappa shape index (κ3) is 1.24. The first-order valence-electron chi connectivity index (χ1n) is 3.60. The monoisotopic (exact) mass is 200 g/mol. The summed E-state index contributed by atoms with van der Waals surface area (Å²) in [4.78, 5) is 3.51. The Morgan fingerprint density at radius 3 is 2.50 bits per heavy atom. The van der Waals surface area contributed by atoms with Crippen LogP contribution in [0.5, 0.6) is 0 Å². The molecule has 1 heterocycles. The molecule has 0 saturated heterocycles. The maximum atomic E-state index is 13.1. The number of benzene rings is 1. The van der Waals surface area contributed by atoms with Crippen LogP contribution in [-0.2, 0) is 0 Å². The average Bonchev–Trinajstić information content (AvgIpc) is 2.67. The van der Waals surface area contributed by atoms with Crippen LogP contribution in [0.1, 0.15) is 0 Å². The highest BCUT2D eigenvalue weighted by molar-refractivity contribution is 5.54. The Labute approximate surface area is 76.2 Å². The summed E-state index contributed by atoms with van der Waals surface area (Å²) in [7, 11) is 0. The SMILES string of the molecule is Fc1ccc(-c2ncon2)c(F)c1F. The molecule has 0 N–H and O–H groups in total. The Bertz CT molecular complexity index is 456. The van der Waals surface area contributed by atoms with Crippen LogP contribution in [0.3, 0.4) is 0 Å². The van der Waals surface area contributed by atoms with E-state index in [1.54, 1.807) is 0 Å². The smallest absolute Gasteiger partial charge is 0.214 e. The van der Waals surface area contributed by atoms with Crippen molar-refractivity contribution in [2.75, 3.05) is 0 Å². The first-order chi connectivity index (χ1) is 6.70. The molecule has 0 radical (unpaired) electrons. The number of aromatic nitrogens is 2. The molecule has 0 saturated carbocycles. The molecule has 6 heteroatoms. The number of nitrogens with zero attached hydrogens (tertiary/aromatic N) is 2. The maximum absolute atomic E-state index is 13.1. The van der Waals surface area contributed by atoms with Crippen LogP contribution in [0.4, 0.5) is 13.2 Å². The predicted molar refractivity (Wildman–Crippen MR) is 39.6 cm³/mol. The molecule has 0 bridgehead atoms. The Kier molecular flexibility index (Phi) is 1.95. The first-order valence-corrected chi connectivity index (χ1v) is 3.60. The van der Waals surface area contributed by atoms with Gasteiger partial charge in [0.05, 0.1) is 5.56 Å². The minimum Gasteiger partial charge on any atom is -0.342 e. The molecule has 1 aromatic heterocycles. The van der Waals surface area contributed by atoms with E-state index in [0.717, 1.165) is 18.5 Å². The summed E-state index contributed by atoms with van der Waals surface area (Å²) in [5, 5.41) is 3.30. The molecule has 3 nitrogen and oxygen atoms in total. The van der Waals surface area contributed by atoms with Gasteiger partial charge in [-0.3, -0.25) is 0 Å². The van der Waals surface area contributed by atoms with E-state index in [0.29, 0.717) is 0 Å². The number of hydrogen-bond acceptors (Lipinski definition) is 3. The highest BCUT2D eigenvalue weighted by Gasteiger charge is 2.16. The van der Waals surface area contributed by atoms with Gasteiger partial charge < -0.3 is 4.52 Å². The van der Waals surface area contributed by atoms with Crippen molar-refractivity contribution in [3.63, 3.8) is 0 Å². The molecule has 2 rings (SSSR count). The highest BCUT2D eigenvalue weighted by Crippen LogP contribution is 2.22. The predicted octanol–water partition coefficient (Wildman–Crippen LogP) is 2.15. The van der Waals surface area contributed by atoms with Crippen molar-refractivity contribution in [2.24, 2.45) is 0 Å². The second-order valence-corrected chi connectivity index (χ2v) is 2.48. The lowest BCUT2D eigenvalue weighted by Gasteiger charge is -1.98. The van der Waals surface area contributed by atoms with Gasteiger partial charge in [0, 0.05) is 0 Å². The standard InChI is InChI=1S/C8H3F3N2O/c9-5-2-1-4(6(10)7(5)11)8-12-3-14-13-8/h1-3H. The lowest BCUT2D eigenvalue weighted by atomic mass is 10.2. The van der Waals surface area contributed by atoms with Gasteiger partial charge >= 0.3 is 0 Å². The zero-order valence-electron chi connectivity index (χ0n) is 6.67. The fraction of sp³-hybridized carbons (Fsp3) is 0. The fourth-order valence-electron chi connectivity index (χ4n) is 0.988. The lowest BCUT2D eigenvalue weighted by molar-refractivity contribution is 0.417. The van der Waals surface area contributed by atoms with E-state index in [-0.39, 0.29) is 11.4 Å². The van der Waals surface area contributed by atoms with Gasteiger partial charge in [-0.05, 0) is 12.1 Å². The third-order valence-electron chi connectivity index (χ3n) is 1.64. The third-order valence-corrected chi connectivity index (χ3v) is 1.64. The lowest BCUT2D eigenvalue weighted by Crippen LogP contribution is -1.94. The van der Waals surface area contributed by atoms with Gasteiger partial charge in [0.2, 0.25) is 12.2 Å². The van der Waals surface area contributed by atoms with Crippen LogP contribution in [0.15, 0.2) is 23.0 Å². The van der Waals surface area contributed by atoms with Crippen molar-refractivity contribution in [3.8, 4) is 11.4 Å². The van der Waals surface area contributed by atoms with Gasteiger partial charge in [-0.25, -0.2) is 13.2 Å². The van der Waals surface area contributed by atoms with E-state index in [1.165, 1.54) is 0 Å². The molecule has 0 unspecified atom stereocenters. The largest absolute Gasteiger partial charge is 0.342 e. The summed E-state index contributed by atoms with van der Waals surface area (Å²) in [5.41, 5.74) is -0.238. The summed E-state index contributed by atoms with van der Waals surface area (Å²) in [6, 6.07) is 1.84. The summed E-state index contributed by atoms with van der Waals surface area (Å²) in [6.07, 6.45) is 0.968.